The molecule has 3 rings (SSSR count). The number of halogens is 2. The zero-order chi connectivity index (χ0) is 18.1. The van der Waals surface area contributed by atoms with Crippen molar-refractivity contribution in [2.24, 2.45) is 0 Å². The first-order valence-electron chi connectivity index (χ1n) is 7.95. The van der Waals surface area contributed by atoms with Gasteiger partial charge in [0, 0.05) is 16.8 Å². The van der Waals surface area contributed by atoms with Gasteiger partial charge in [-0.1, -0.05) is 41.4 Å². The lowest BCUT2D eigenvalue weighted by Gasteiger charge is -2.26. The zero-order valence-corrected chi connectivity index (χ0v) is 15.3. The first-order valence-corrected chi connectivity index (χ1v) is 8.71. The van der Waals surface area contributed by atoms with Gasteiger partial charge in [0.1, 0.15) is 0 Å². The van der Waals surface area contributed by atoms with E-state index < -0.39 is 12.1 Å². The molecule has 0 saturated heterocycles. The second-order valence-corrected chi connectivity index (χ2v) is 6.91. The predicted octanol–water partition coefficient (Wildman–Crippen LogP) is 4.52. The first-order chi connectivity index (χ1) is 11.9. The molecule has 2 atom stereocenters. The number of carbonyl (C=O) groups excluding carboxylic acids is 2. The van der Waals surface area contributed by atoms with Gasteiger partial charge in [0.25, 0.3) is 5.91 Å². The summed E-state index contributed by atoms with van der Waals surface area (Å²) in [5.41, 5.74) is 2.12. The average molecular weight is 378 g/mol. The fourth-order valence-electron chi connectivity index (χ4n) is 3.03. The molecule has 2 aromatic carbocycles. The van der Waals surface area contributed by atoms with Gasteiger partial charge < -0.3 is 9.64 Å². The summed E-state index contributed by atoms with van der Waals surface area (Å²) in [6, 6.07) is 12.3. The summed E-state index contributed by atoms with van der Waals surface area (Å²) in [6.07, 6.45) is -0.154. The second-order valence-electron chi connectivity index (χ2n) is 6.06. The third-order valence-corrected chi connectivity index (χ3v) is 4.79. The second kappa shape index (κ2) is 7.06. The van der Waals surface area contributed by atoms with E-state index in [9.17, 15) is 9.59 Å². The summed E-state index contributed by atoms with van der Waals surface area (Å²) in [5.74, 6) is -0.933. The van der Waals surface area contributed by atoms with Crippen molar-refractivity contribution in [3.05, 3.63) is 63.6 Å². The van der Waals surface area contributed by atoms with E-state index in [1.807, 2.05) is 31.2 Å². The number of amides is 1. The summed E-state index contributed by atoms with van der Waals surface area (Å²) < 4.78 is 5.34. The molecule has 1 amide bonds. The fraction of sp³-hybridized carbons (Fsp3) is 0.263. The van der Waals surface area contributed by atoms with Crippen molar-refractivity contribution in [3.8, 4) is 0 Å². The van der Waals surface area contributed by atoms with Gasteiger partial charge in [0.2, 0.25) is 0 Å². The lowest BCUT2D eigenvalue weighted by atomic mass is 10.1. The number of fused-ring (bicyclic) bond motifs is 1. The average Bonchev–Trinajstić information content (AvgIpc) is 2.91. The quantitative estimate of drug-likeness (QED) is 0.738. The minimum Gasteiger partial charge on any atom is -0.449 e. The van der Waals surface area contributed by atoms with E-state index >= 15 is 0 Å². The number of ether oxygens (including phenoxy) is 1. The van der Waals surface area contributed by atoms with Gasteiger partial charge in [0.05, 0.1) is 10.6 Å². The van der Waals surface area contributed by atoms with Gasteiger partial charge in [-0.05, 0) is 50.1 Å². The molecular formula is C19H17Cl2NO3. The van der Waals surface area contributed by atoms with Gasteiger partial charge in [-0.3, -0.25) is 4.79 Å². The van der Waals surface area contributed by atoms with Crippen LogP contribution in [0.2, 0.25) is 10.0 Å². The van der Waals surface area contributed by atoms with Crippen LogP contribution in [0.5, 0.6) is 0 Å². The van der Waals surface area contributed by atoms with Gasteiger partial charge in [0.15, 0.2) is 6.10 Å². The molecule has 0 N–H and O–H groups in total. The van der Waals surface area contributed by atoms with Crippen LogP contribution in [-0.4, -0.2) is 24.0 Å². The third-order valence-electron chi connectivity index (χ3n) is 4.22. The number of hydrogen-bond donors (Lipinski definition) is 0. The summed E-state index contributed by atoms with van der Waals surface area (Å²) in [6.45, 7) is 3.53. The van der Waals surface area contributed by atoms with Crippen LogP contribution < -0.4 is 4.90 Å². The molecule has 0 fully saturated rings. The minimum atomic E-state index is -0.934. The van der Waals surface area contributed by atoms with Crippen LogP contribution in [0.15, 0.2) is 42.5 Å². The molecule has 1 heterocycles. The molecule has 2 aromatic rings. The highest BCUT2D eigenvalue weighted by atomic mass is 35.5. The maximum absolute atomic E-state index is 12.8. The monoisotopic (exact) mass is 377 g/mol. The molecule has 6 heteroatoms. The Bertz CT molecular complexity index is 837. The number of esters is 1. The summed E-state index contributed by atoms with van der Waals surface area (Å²) >= 11 is 11.9. The van der Waals surface area contributed by atoms with Crippen LogP contribution in [-0.2, 0) is 16.0 Å². The smallest absolute Gasteiger partial charge is 0.340 e. The number of para-hydroxylation sites is 1. The van der Waals surface area contributed by atoms with E-state index in [0.29, 0.717) is 5.02 Å². The summed E-state index contributed by atoms with van der Waals surface area (Å²) in [7, 11) is 0. The summed E-state index contributed by atoms with van der Waals surface area (Å²) in [5, 5.41) is 0.603. The Kier molecular flexibility index (Phi) is 5.02. The van der Waals surface area contributed by atoms with Gasteiger partial charge in [-0.2, -0.15) is 0 Å². The molecule has 1 aliphatic heterocycles. The van der Waals surface area contributed by atoms with Crippen LogP contribution >= 0.6 is 23.2 Å². The first kappa shape index (κ1) is 17.8. The Morgan fingerprint density at radius 1 is 1.20 bits per heavy atom. The normalized spacial score (nSPS) is 17.1. The molecule has 0 spiro atoms. The highest BCUT2D eigenvalue weighted by molar-refractivity contribution is 6.35. The number of nitrogens with zero attached hydrogens (tertiary/aromatic N) is 1. The van der Waals surface area contributed by atoms with Crippen LogP contribution in [0.3, 0.4) is 0 Å². The van der Waals surface area contributed by atoms with Crippen molar-refractivity contribution in [2.45, 2.75) is 32.4 Å². The van der Waals surface area contributed by atoms with Crippen LogP contribution in [0, 0.1) is 0 Å². The molecule has 0 aromatic heterocycles. The van der Waals surface area contributed by atoms with Crippen LogP contribution in [0.4, 0.5) is 5.69 Å². The summed E-state index contributed by atoms with van der Waals surface area (Å²) in [4.78, 5) is 26.9. The predicted molar refractivity (Wildman–Crippen MR) is 98.4 cm³/mol. The van der Waals surface area contributed by atoms with E-state index in [4.69, 9.17) is 27.9 Å². The highest BCUT2D eigenvalue weighted by Crippen LogP contribution is 2.32. The van der Waals surface area contributed by atoms with Crippen molar-refractivity contribution in [2.75, 3.05) is 4.90 Å². The molecule has 25 heavy (non-hydrogen) atoms. The molecule has 0 unspecified atom stereocenters. The van der Waals surface area contributed by atoms with Crippen molar-refractivity contribution < 1.29 is 14.3 Å². The number of carbonyl (C=O) groups is 2. The molecule has 0 saturated carbocycles. The van der Waals surface area contributed by atoms with Gasteiger partial charge in [-0.15, -0.1) is 0 Å². The maximum atomic E-state index is 12.8. The molecule has 1 aliphatic rings. The number of hydrogen-bond acceptors (Lipinski definition) is 3. The molecule has 130 valence electrons. The van der Waals surface area contributed by atoms with Crippen LogP contribution in [0.25, 0.3) is 0 Å². The highest BCUT2D eigenvalue weighted by Gasteiger charge is 2.34. The zero-order valence-electron chi connectivity index (χ0n) is 13.8. The Morgan fingerprint density at radius 3 is 2.68 bits per heavy atom. The fourth-order valence-corrected chi connectivity index (χ4v) is 3.39. The molecule has 0 bridgehead atoms. The lowest BCUT2D eigenvalue weighted by Crippen LogP contribution is -2.43. The largest absolute Gasteiger partial charge is 0.449 e. The lowest BCUT2D eigenvalue weighted by molar-refractivity contribution is -0.126. The topological polar surface area (TPSA) is 46.6 Å². The van der Waals surface area contributed by atoms with E-state index in [-0.39, 0.29) is 22.5 Å². The minimum absolute atomic E-state index is 0.0146. The number of anilines is 1. The Hall–Kier alpha value is -2.04. The van der Waals surface area contributed by atoms with Crippen molar-refractivity contribution in [1.29, 1.82) is 0 Å². The van der Waals surface area contributed by atoms with E-state index in [2.05, 4.69) is 0 Å². The molecule has 0 aliphatic carbocycles. The van der Waals surface area contributed by atoms with E-state index in [1.165, 1.54) is 12.1 Å². The van der Waals surface area contributed by atoms with Gasteiger partial charge >= 0.3 is 5.97 Å². The van der Waals surface area contributed by atoms with E-state index in [0.717, 1.165) is 17.7 Å². The Balaban J connectivity index is 1.77. The SMILES string of the molecule is C[C@H](OC(=O)c1cc(Cl)ccc1Cl)C(=O)N1c2ccccc2C[C@@H]1C. The van der Waals surface area contributed by atoms with Crippen molar-refractivity contribution in [1.82, 2.24) is 0 Å². The van der Waals surface area contributed by atoms with Crippen LogP contribution in [0.1, 0.15) is 29.8 Å². The molecule has 4 nitrogen and oxygen atoms in total. The molecular weight excluding hydrogens is 361 g/mol. The van der Waals surface area contributed by atoms with E-state index in [1.54, 1.807) is 17.9 Å². The third kappa shape index (κ3) is 3.51. The Labute approximate surface area is 156 Å². The van der Waals surface area contributed by atoms with Gasteiger partial charge in [-0.25, -0.2) is 4.79 Å². The maximum Gasteiger partial charge on any atom is 0.340 e. The van der Waals surface area contributed by atoms with Crippen molar-refractivity contribution >= 4 is 40.8 Å². The number of rotatable bonds is 3. The number of benzene rings is 2. The Morgan fingerprint density at radius 2 is 1.92 bits per heavy atom. The van der Waals surface area contributed by atoms with Crippen molar-refractivity contribution in [3.63, 3.8) is 0 Å². The standard InChI is InChI=1S/C19H17Cl2NO3/c1-11-9-13-5-3-4-6-17(13)22(11)18(23)12(2)25-19(24)15-10-14(20)7-8-16(15)21/h3-8,10-12H,9H2,1-2H3/t11-,12-/m0/s1. The molecule has 0 radical (unpaired) electrons.